The third-order valence-corrected chi connectivity index (χ3v) is 7.35. The molecule has 1 N–H and O–H groups in total. The van der Waals surface area contributed by atoms with Crippen molar-refractivity contribution in [1.82, 2.24) is 24.2 Å². The number of anilines is 1. The Kier molecular flexibility index (Phi) is 7.37. The van der Waals surface area contributed by atoms with E-state index in [0.717, 1.165) is 23.8 Å². The Morgan fingerprint density at radius 2 is 1.91 bits per heavy atom. The molecule has 0 saturated carbocycles. The zero-order valence-corrected chi connectivity index (χ0v) is 19.4. The molecule has 0 amide bonds. The second-order valence-corrected chi connectivity index (χ2v) is 10.9. The van der Waals surface area contributed by atoms with Crippen LogP contribution in [-0.4, -0.2) is 78.6 Å². The van der Waals surface area contributed by atoms with Gasteiger partial charge in [-0.3, -0.25) is 0 Å². The number of thiazole rings is 1. The van der Waals surface area contributed by atoms with E-state index in [0.29, 0.717) is 32.5 Å². The fourth-order valence-corrected chi connectivity index (χ4v) is 5.19. The quantitative estimate of drug-likeness (QED) is 0.590. The Balaban J connectivity index is 1.84. The van der Waals surface area contributed by atoms with Gasteiger partial charge in [-0.1, -0.05) is 0 Å². The molecule has 1 saturated heterocycles. The van der Waals surface area contributed by atoms with Crippen molar-refractivity contribution in [2.75, 3.05) is 45.3 Å². The molecular formula is C18H24F4N6O2S2. The lowest BCUT2D eigenvalue weighted by molar-refractivity contribution is -0.140. The summed E-state index contributed by atoms with van der Waals surface area (Å²) in [4.78, 5) is 13.0. The first kappa shape index (κ1) is 24.7. The van der Waals surface area contributed by atoms with Gasteiger partial charge in [-0.2, -0.15) is 13.2 Å². The second kappa shape index (κ2) is 9.53. The molecule has 14 heteroatoms. The number of likely N-dealkylation sites (N-methyl/N-ethyl adjacent to an activating group) is 1. The summed E-state index contributed by atoms with van der Waals surface area (Å²) in [6.45, 7) is 1.09. The molecule has 3 rings (SSSR count). The number of nitrogens with zero attached hydrogens (tertiary/aromatic N) is 5. The van der Waals surface area contributed by atoms with Gasteiger partial charge in [0.2, 0.25) is 16.0 Å². The van der Waals surface area contributed by atoms with Crippen LogP contribution in [0.15, 0.2) is 6.20 Å². The average molecular weight is 497 g/mol. The van der Waals surface area contributed by atoms with Gasteiger partial charge >= 0.3 is 6.18 Å². The molecule has 0 aromatic carbocycles. The summed E-state index contributed by atoms with van der Waals surface area (Å²) < 4.78 is 79.8. The van der Waals surface area contributed by atoms with Crippen LogP contribution in [0.2, 0.25) is 0 Å². The average Bonchev–Trinajstić information content (AvgIpc) is 3.12. The first-order valence-electron chi connectivity index (χ1n) is 9.81. The summed E-state index contributed by atoms with van der Waals surface area (Å²) in [5.74, 6) is -0.994. The molecule has 2 aromatic rings. The smallest absolute Gasteiger partial charge is 0.351 e. The van der Waals surface area contributed by atoms with Gasteiger partial charge in [0.25, 0.3) is 0 Å². The summed E-state index contributed by atoms with van der Waals surface area (Å²) in [6, 6.07) is -0.189. The summed E-state index contributed by atoms with van der Waals surface area (Å²) in [5, 5.41) is 3.22. The van der Waals surface area contributed by atoms with E-state index in [4.69, 9.17) is 0 Å². The lowest BCUT2D eigenvalue weighted by atomic mass is 10.1. The summed E-state index contributed by atoms with van der Waals surface area (Å²) in [7, 11) is 0.299. The Labute approximate surface area is 187 Å². The summed E-state index contributed by atoms with van der Waals surface area (Å²) >= 11 is 0.764. The third kappa shape index (κ3) is 6.11. The molecule has 2 aromatic heterocycles. The number of aromatic nitrogens is 3. The van der Waals surface area contributed by atoms with Crippen molar-refractivity contribution >= 4 is 27.3 Å². The van der Waals surface area contributed by atoms with Crippen molar-refractivity contribution in [2.24, 2.45) is 0 Å². The molecule has 0 atom stereocenters. The highest BCUT2D eigenvalue weighted by Gasteiger charge is 2.39. The van der Waals surface area contributed by atoms with E-state index >= 15 is 0 Å². The predicted octanol–water partition coefficient (Wildman–Crippen LogP) is 2.70. The molecule has 1 aliphatic rings. The molecule has 178 valence electrons. The van der Waals surface area contributed by atoms with Gasteiger partial charge < -0.3 is 10.2 Å². The Hall–Kier alpha value is -1.90. The molecule has 1 aliphatic heterocycles. The van der Waals surface area contributed by atoms with Gasteiger partial charge in [0, 0.05) is 32.1 Å². The molecular weight excluding hydrogens is 472 g/mol. The monoisotopic (exact) mass is 496 g/mol. The number of halogens is 4. The maximum absolute atomic E-state index is 14.5. The maximum Gasteiger partial charge on any atom is 0.434 e. The molecule has 0 spiro atoms. The Bertz CT molecular complexity index is 1050. The molecule has 3 heterocycles. The summed E-state index contributed by atoms with van der Waals surface area (Å²) in [6.07, 6.45) is -1.58. The van der Waals surface area contributed by atoms with Crippen molar-refractivity contribution in [1.29, 1.82) is 0 Å². The molecule has 1 fully saturated rings. The van der Waals surface area contributed by atoms with E-state index in [1.165, 1.54) is 4.31 Å². The van der Waals surface area contributed by atoms with Gasteiger partial charge in [0.15, 0.2) is 11.5 Å². The van der Waals surface area contributed by atoms with Crippen LogP contribution in [0.3, 0.4) is 0 Å². The van der Waals surface area contributed by atoms with Gasteiger partial charge in [0.05, 0.1) is 22.3 Å². The predicted molar refractivity (Wildman–Crippen MR) is 113 cm³/mol. The fourth-order valence-electron chi connectivity index (χ4n) is 3.25. The normalized spacial score (nSPS) is 16.6. The van der Waals surface area contributed by atoms with Crippen molar-refractivity contribution in [2.45, 2.75) is 31.5 Å². The van der Waals surface area contributed by atoms with Gasteiger partial charge in [-0.15, -0.1) is 11.3 Å². The minimum Gasteiger partial charge on any atom is -0.351 e. The number of sulfonamides is 1. The van der Waals surface area contributed by atoms with E-state index in [1.54, 1.807) is 14.1 Å². The Morgan fingerprint density at radius 3 is 2.47 bits per heavy atom. The highest BCUT2D eigenvalue weighted by Crippen LogP contribution is 2.40. The first-order valence-corrected chi connectivity index (χ1v) is 12.5. The van der Waals surface area contributed by atoms with Crippen LogP contribution in [0.4, 0.5) is 23.5 Å². The number of alkyl halides is 3. The largest absolute Gasteiger partial charge is 0.434 e. The number of piperidine rings is 1. The van der Waals surface area contributed by atoms with E-state index in [1.807, 2.05) is 4.90 Å². The van der Waals surface area contributed by atoms with Crippen LogP contribution in [0.1, 0.15) is 23.5 Å². The van der Waals surface area contributed by atoms with Crippen molar-refractivity contribution in [3.63, 3.8) is 0 Å². The standard InChI is InChI=1S/C18H24F4N6O2S2/c1-27(2)7-6-13-25-16(18(20,21)22)15(31-13)14-12(19)10-23-17(26-14)24-11-4-8-28(9-5-11)32(3,29)30/h10-11H,4-9H2,1-3H3,(H,23,24,26). The molecule has 32 heavy (non-hydrogen) atoms. The zero-order chi connectivity index (χ0) is 23.7. The highest BCUT2D eigenvalue weighted by molar-refractivity contribution is 7.88. The van der Waals surface area contributed by atoms with Crippen LogP contribution in [0, 0.1) is 5.82 Å². The Morgan fingerprint density at radius 1 is 1.25 bits per heavy atom. The van der Waals surface area contributed by atoms with Crippen LogP contribution in [0.25, 0.3) is 10.6 Å². The van der Waals surface area contributed by atoms with Crippen molar-refractivity contribution in [3.05, 3.63) is 22.7 Å². The van der Waals surface area contributed by atoms with Crippen LogP contribution in [0.5, 0.6) is 0 Å². The van der Waals surface area contributed by atoms with Crippen molar-refractivity contribution < 1.29 is 26.0 Å². The number of hydrogen-bond donors (Lipinski definition) is 1. The first-order chi connectivity index (χ1) is 14.8. The fraction of sp³-hybridized carbons (Fsp3) is 0.611. The highest BCUT2D eigenvalue weighted by atomic mass is 32.2. The maximum atomic E-state index is 14.5. The lowest BCUT2D eigenvalue weighted by Gasteiger charge is -2.30. The third-order valence-electron chi connectivity index (χ3n) is 4.93. The minimum absolute atomic E-state index is 0.0180. The van der Waals surface area contributed by atoms with E-state index < -0.39 is 33.4 Å². The molecule has 0 bridgehead atoms. The second-order valence-electron chi connectivity index (χ2n) is 7.81. The molecule has 0 aliphatic carbocycles. The summed E-state index contributed by atoms with van der Waals surface area (Å²) in [5.41, 5.74) is -1.63. The lowest BCUT2D eigenvalue weighted by Crippen LogP contribution is -2.42. The van der Waals surface area contributed by atoms with E-state index in [9.17, 15) is 26.0 Å². The zero-order valence-electron chi connectivity index (χ0n) is 17.8. The number of hydrogen-bond acceptors (Lipinski definition) is 8. The SMILES string of the molecule is CN(C)CCc1nc(C(F)(F)F)c(-c2nc(NC3CCN(S(C)(=O)=O)CC3)ncc2F)s1. The van der Waals surface area contributed by atoms with E-state index in [2.05, 4.69) is 20.3 Å². The van der Waals surface area contributed by atoms with Gasteiger partial charge in [0.1, 0.15) is 5.69 Å². The number of rotatable bonds is 7. The van der Waals surface area contributed by atoms with Gasteiger partial charge in [-0.25, -0.2) is 32.1 Å². The van der Waals surface area contributed by atoms with Crippen LogP contribution >= 0.6 is 11.3 Å². The van der Waals surface area contributed by atoms with E-state index in [-0.39, 0.29) is 28.3 Å². The molecule has 0 radical (unpaired) electrons. The van der Waals surface area contributed by atoms with Crippen LogP contribution in [-0.2, 0) is 22.6 Å². The molecule has 8 nitrogen and oxygen atoms in total. The van der Waals surface area contributed by atoms with Gasteiger partial charge in [-0.05, 0) is 26.9 Å². The topological polar surface area (TPSA) is 91.3 Å². The van der Waals surface area contributed by atoms with Crippen LogP contribution < -0.4 is 5.32 Å². The molecule has 0 unspecified atom stereocenters. The minimum atomic E-state index is -4.76. The van der Waals surface area contributed by atoms with Crippen molar-refractivity contribution in [3.8, 4) is 10.6 Å². The number of nitrogens with one attached hydrogen (secondary N) is 1.